The maximum atomic E-state index is 12.2. The molecule has 128 valence electrons. The van der Waals surface area contributed by atoms with Crippen LogP contribution in [-0.4, -0.2) is 56.9 Å². The van der Waals surface area contributed by atoms with E-state index in [1.54, 1.807) is 7.11 Å². The fourth-order valence-corrected chi connectivity index (χ4v) is 2.81. The minimum absolute atomic E-state index is 0.214. The van der Waals surface area contributed by atoms with E-state index in [2.05, 4.69) is 29.4 Å². The zero-order valence-electron chi connectivity index (χ0n) is 14.2. The molecular formula is C17H27N3O3. The van der Waals surface area contributed by atoms with Gasteiger partial charge in [0.2, 0.25) is 0 Å². The monoisotopic (exact) mass is 321 g/mol. The maximum Gasteiger partial charge on any atom is 0.319 e. The molecule has 0 aliphatic carbocycles. The fraction of sp³-hybridized carbons (Fsp3) is 0.588. The lowest BCUT2D eigenvalue weighted by atomic mass is 10.0. The predicted molar refractivity (Wildman–Crippen MR) is 91.0 cm³/mol. The number of methoxy groups -OCH3 is 1. The van der Waals surface area contributed by atoms with E-state index in [4.69, 9.17) is 9.47 Å². The SMILES string of the molecule is COc1ccccc1NC(=O)NCC(C(C)C)N1CCOCC1. The molecule has 1 aromatic carbocycles. The lowest BCUT2D eigenvalue weighted by Gasteiger charge is -2.36. The number of morpholine rings is 1. The number of benzene rings is 1. The van der Waals surface area contributed by atoms with Crippen LogP contribution < -0.4 is 15.4 Å². The summed E-state index contributed by atoms with van der Waals surface area (Å²) in [6, 6.07) is 7.47. The van der Waals surface area contributed by atoms with Gasteiger partial charge in [-0.2, -0.15) is 0 Å². The van der Waals surface area contributed by atoms with Crippen molar-refractivity contribution in [3.05, 3.63) is 24.3 Å². The molecule has 2 N–H and O–H groups in total. The quantitative estimate of drug-likeness (QED) is 0.843. The summed E-state index contributed by atoms with van der Waals surface area (Å²) in [7, 11) is 1.59. The van der Waals surface area contributed by atoms with E-state index in [0.29, 0.717) is 29.9 Å². The largest absolute Gasteiger partial charge is 0.495 e. The Morgan fingerprint density at radius 3 is 2.65 bits per heavy atom. The fourth-order valence-electron chi connectivity index (χ4n) is 2.81. The molecule has 0 radical (unpaired) electrons. The van der Waals surface area contributed by atoms with Crippen molar-refractivity contribution < 1.29 is 14.3 Å². The molecule has 2 amide bonds. The number of urea groups is 1. The van der Waals surface area contributed by atoms with Crippen LogP contribution in [0.4, 0.5) is 10.5 Å². The minimum atomic E-state index is -0.214. The molecule has 0 spiro atoms. The highest BCUT2D eigenvalue weighted by Gasteiger charge is 2.24. The number of nitrogens with zero attached hydrogens (tertiary/aromatic N) is 1. The molecule has 0 aromatic heterocycles. The molecule has 6 nitrogen and oxygen atoms in total. The van der Waals surface area contributed by atoms with Gasteiger partial charge in [-0.05, 0) is 18.1 Å². The average molecular weight is 321 g/mol. The number of para-hydroxylation sites is 2. The van der Waals surface area contributed by atoms with Gasteiger partial charge in [0.1, 0.15) is 5.75 Å². The Morgan fingerprint density at radius 1 is 1.30 bits per heavy atom. The lowest BCUT2D eigenvalue weighted by Crippen LogP contribution is -2.51. The molecule has 23 heavy (non-hydrogen) atoms. The summed E-state index contributed by atoms with van der Waals surface area (Å²) < 4.78 is 10.6. The van der Waals surface area contributed by atoms with Crippen LogP contribution >= 0.6 is 0 Å². The van der Waals surface area contributed by atoms with E-state index >= 15 is 0 Å². The molecule has 1 unspecified atom stereocenters. The number of rotatable bonds is 6. The zero-order valence-corrected chi connectivity index (χ0v) is 14.2. The average Bonchev–Trinajstić information content (AvgIpc) is 2.56. The zero-order chi connectivity index (χ0) is 16.7. The van der Waals surface area contributed by atoms with E-state index in [1.807, 2.05) is 24.3 Å². The Balaban J connectivity index is 1.88. The Hall–Kier alpha value is -1.79. The number of hydrogen-bond donors (Lipinski definition) is 2. The van der Waals surface area contributed by atoms with E-state index < -0.39 is 0 Å². The molecule has 0 saturated carbocycles. The van der Waals surface area contributed by atoms with Crippen LogP contribution in [0.2, 0.25) is 0 Å². The summed E-state index contributed by atoms with van der Waals surface area (Å²) in [5.74, 6) is 1.11. The molecule has 1 aliphatic rings. The number of carbonyl (C=O) groups is 1. The van der Waals surface area contributed by atoms with Crippen molar-refractivity contribution in [2.45, 2.75) is 19.9 Å². The predicted octanol–water partition coefficient (Wildman–Crippen LogP) is 2.17. The van der Waals surface area contributed by atoms with Crippen LogP contribution in [0.25, 0.3) is 0 Å². The van der Waals surface area contributed by atoms with Crippen molar-refractivity contribution in [1.29, 1.82) is 0 Å². The highest BCUT2D eigenvalue weighted by Crippen LogP contribution is 2.22. The topological polar surface area (TPSA) is 62.8 Å². The van der Waals surface area contributed by atoms with Crippen molar-refractivity contribution >= 4 is 11.7 Å². The first-order valence-corrected chi connectivity index (χ1v) is 8.11. The standard InChI is InChI=1S/C17H27N3O3/c1-13(2)15(20-8-10-23-11-9-20)12-18-17(21)19-14-6-4-5-7-16(14)22-3/h4-7,13,15H,8-12H2,1-3H3,(H2,18,19,21). The number of carbonyl (C=O) groups excluding carboxylic acids is 1. The summed E-state index contributed by atoms with van der Waals surface area (Å²) in [4.78, 5) is 14.6. The number of ether oxygens (including phenoxy) is 2. The third kappa shape index (κ3) is 5.11. The normalized spacial score (nSPS) is 16.9. The van der Waals surface area contributed by atoms with Crippen LogP contribution in [0.15, 0.2) is 24.3 Å². The smallest absolute Gasteiger partial charge is 0.319 e. The van der Waals surface area contributed by atoms with Gasteiger partial charge in [0.25, 0.3) is 0 Å². The summed E-state index contributed by atoms with van der Waals surface area (Å²) in [6.07, 6.45) is 0. The summed E-state index contributed by atoms with van der Waals surface area (Å²) in [5.41, 5.74) is 0.667. The second-order valence-electron chi connectivity index (χ2n) is 6.00. The Morgan fingerprint density at radius 2 is 2.00 bits per heavy atom. The van der Waals surface area contributed by atoms with Gasteiger partial charge in [-0.15, -0.1) is 0 Å². The van der Waals surface area contributed by atoms with Crippen LogP contribution in [0.1, 0.15) is 13.8 Å². The van der Waals surface area contributed by atoms with Gasteiger partial charge in [-0.1, -0.05) is 26.0 Å². The Bertz CT molecular complexity index is 502. The van der Waals surface area contributed by atoms with Crippen LogP contribution in [0, 0.1) is 5.92 Å². The highest BCUT2D eigenvalue weighted by atomic mass is 16.5. The van der Waals surface area contributed by atoms with Crippen molar-refractivity contribution in [1.82, 2.24) is 10.2 Å². The first-order chi connectivity index (χ1) is 11.1. The molecule has 1 atom stereocenters. The first kappa shape index (κ1) is 17.6. The van der Waals surface area contributed by atoms with E-state index in [0.717, 1.165) is 26.3 Å². The van der Waals surface area contributed by atoms with Gasteiger partial charge in [0.15, 0.2) is 0 Å². The number of anilines is 1. The van der Waals surface area contributed by atoms with Crippen molar-refractivity contribution in [2.75, 3.05) is 45.3 Å². The van der Waals surface area contributed by atoms with E-state index in [-0.39, 0.29) is 6.03 Å². The van der Waals surface area contributed by atoms with Crippen molar-refractivity contribution in [3.8, 4) is 5.75 Å². The molecule has 1 saturated heterocycles. The number of nitrogens with one attached hydrogen (secondary N) is 2. The van der Waals surface area contributed by atoms with Gasteiger partial charge >= 0.3 is 6.03 Å². The van der Waals surface area contributed by atoms with Crippen molar-refractivity contribution in [2.24, 2.45) is 5.92 Å². The number of amides is 2. The summed E-state index contributed by atoms with van der Waals surface area (Å²) >= 11 is 0. The lowest BCUT2D eigenvalue weighted by molar-refractivity contribution is 0.00728. The minimum Gasteiger partial charge on any atom is -0.495 e. The van der Waals surface area contributed by atoms with Gasteiger partial charge in [0.05, 0.1) is 26.0 Å². The van der Waals surface area contributed by atoms with Crippen LogP contribution in [-0.2, 0) is 4.74 Å². The van der Waals surface area contributed by atoms with Gasteiger partial charge < -0.3 is 20.1 Å². The van der Waals surface area contributed by atoms with E-state index in [1.165, 1.54) is 0 Å². The maximum absolute atomic E-state index is 12.2. The second kappa shape index (κ2) is 8.74. The molecule has 1 aliphatic heterocycles. The van der Waals surface area contributed by atoms with Crippen LogP contribution in [0.3, 0.4) is 0 Å². The van der Waals surface area contributed by atoms with Crippen LogP contribution in [0.5, 0.6) is 5.75 Å². The third-order valence-corrected chi connectivity index (χ3v) is 4.11. The molecule has 2 rings (SSSR count). The molecule has 1 heterocycles. The van der Waals surface area contributed by atoms with Crippen molar-refractivity contribution in [3.63, 3.8) is 0 Å². The van der Waals surface area contributed by atoms with Gasteiger partial charge in [-0.3, -0.25) is 4.90 Å². The Kier molecular flexibility index (Phi) is 6.67. The first-order valence-electron chi connectivity index (χ1n) is 8.11. The number of hydrogen-bond acceptors (Lipinski definition) is 4. The van der Waals surface area contributed by atoms with Gasteiger partial charge in [-0.25, -0.2) is 4.79 Å². The van der Waals surface area contributed by atoms with Gasteiger partial charge in [0, 0.05) is 25.7 Å². The Labute approximate surface area is 138 Å². The molecular weight excluding hydrogens is 294 g/mol. The molecule has 6 heteroatoms. The molecule has 0 bridgehead atoms. The molecule has 1 aromatic rings. The second-order valence-corrected chi connectivity index (χ2v) is 6.00. The molecule has 1 fully saturated rings. The highest BCUT2D eigenvalue weighted by molar-refractivity contribution is 5.90. The third-order valence-electron chi connectivity index (χ3n) is 4.11. The summed E-state index contributed by atoms with van der Waals surface area (Å²) in [6.45, 7) is 8.32. The van der Waals surface area contributed by atoms with E-state index in [9.17, 15) is 4.79 Å². The summed E-state index contributed by atoms with van der Waals surface area (Å²) in [5, 5.41) is 5.81.